The van der Waals surface area contributed by atoms with E-state index in [1.165, 1.54) is 0 Å². The van der Waals surface area contributed by atoms with Gasteiger partial charge in [0, 0.05) is 31.4 Å². The van der Waals surface area contributed by atoms with Crippen molar-refractivity contribution in [3.8, 4) is 5.69 Å². The molecule has 0 aliphatic rings. The number of nitrogens with one attached hydrogen (secondary N) is 1. The maximum Gasteiger partial charge on any atom is 0.317 e. The minimum Gasteiger partial charge on any atom is -0.361 e. The average molecular weight is 367 g/mol. The van der Waals surface area contributed by atoms with Gasteiger partial charge in [0.15, 0.2) is 0 Å². The minimum absolute atomic E-state index is 0.174. The molecule has 0 saturated heterocycles. The number of carbonyl (C=O) groups is 1. The fraction of sp³-hybridized carbons (Fsp3) is 0.350. The number of benzene rings is 1. The number of hydrogen-bond donors (Lipinski definition) is 1. The summed E-state index contributed by atoms with van der Waals surface area (Å²) in [5, 5.41) is 11.4. The molecule has 27 heavy (non-hydrogen) atoms. The fourth-order valence-corrected chi connectivity index (χ4v) is 2.84. The molecule has 0 bridgehead atoms. The topological polar surface area (TPSA) is 76.2 Å². The Bertz CT molecular complexity index is 885. The van der Waals surface area contributed by atoms with Crippen LogP contribution >= 0.6 is 0 Å². The lowest BCUT2D eigenvalue weighted by atomic mass is 10.1. The molecule has 0 aliphatic carbocycles. The van der Waals surface area contributed by atoms with Gasteiger partial charge in [-0.15, -0.1) is 0 Å². The first-order valence-corrected chi connectivity index (χ1v) is 9.01. The number of hydrogen-bond acceptors (Lipinski definition) is 4. The Morgan fingerprint density at radius 1 is 1.26 bits per heavy atom. The summed E-state index contributed by atoms with van der Waals surface area (Å²) in [5.41, 5.74) is 2.67. The second-order valence-electron chi connectivity index (χ2n) is 6.91. The Morgan fingerprint density at radius 3 is 2.70 bits per heavy atom. The largest absolute Gasteiger partial charge is 0.361 e. The molecule has 2 aromatic heterocycles. The van der Waals surface area contributed by atoms with E-state index in [0.717, 1.165) is 22.7 Å². The van der Waals surface area contributed by atoms with Crippen LogP contribution in [0.3, 0.4) is 0 Å². The highest BCUT2D eigenvalue weighted by atomic mass is 16.5. The van der Waals surface area contributed by atoms with Crippen molar-refractivity contribution >= 4 is 6.03 Å². The van der Waals surface area contributed by atoms with Gasteiger partial charge in [0.2, 0.25) is 0 Å². The summed E-state index contributed by atoms with van der Waals surface area (Å²) in [5.74, 6) is 1.09. The van der Waals surface area contributed by atoms with E-state index in [1.807, 2.05) is 63.4 Å². The van der Waals surface area contributed by atoms with Crippen molar-refractivity contribution in [3.63, 3.8) is 0 Å². The van der Waals surface area contributed by atoms with E-state index < -0.39 is 0 Å². The summed E-state index contributed by atoms with van der Waals surface area (Å²) in [6, 6.07) is 11.3. The van der Waals surface area contributed by atoms with Gasteiger partial charge < -0.3 is 14.7 Å². The third-order valence-corrected chi connectivity index (χ3v) is 4.39. The Balaban J connectivity index is 1.67. The molecule has 2 amide bonds. The summed E-state index contributed by atoms with van der Waals surface area (Å²) >= 11 is 0. The van der Waals surface area contributed by atoms with Crippen molar-refractivity contribution in [1.29, 1.82) is 0 Å². The maximum absolute atomic E-state index is 12.6. The average Bonchev–Trinajstić information content (AvgIpc) is 3.33. The van der Waals surface area contributed by atoms with Crippen LogP contribution in [0.1, 0.15) is 49.7 Å². The van der Waals surface area contributed by atoms with E-state index in [2.05, 4.69) is 15.6 Å². The molecule has 0 radical (unpaired) electrons. The third-order valence-electron chi connectivity index (χ3n) is 4.39. The fourth-order valence-electron chi connectivity index (χ4n) is 2.84. The molecule has 3 rings (SSSR count). The zero-order chi connectivity index (χ0) is 19.4. The van der Waals surface area contributed by atoms with Gasteiger partial charge in [0.25, 0.3) is 0 Å². The lowest BCUT2D eigenvalue weighted by Gasteiger charge is -2.22. The number of para-hydroxylation sites is 1. The molecule has 0 fully saturated rings. The first-order chi connectivity index (χ1) is 13.0. The van der Waals surface area contributed by atoms with Gasteiger partial charge in [-0.1, -0.05) is 37.2 Å². The first-order valence-electron chi connectivity index (χ1n) is 9.01. The van der Waals surface area contributed by atoms with E-state index in [9.17, 15) is 4.79 Å². The van der Waals surface area contributed by atoms with Crippen molar-refractivity contribution in [1.82, 2.24) is 25.2 Å². The molecule has 0 saturated carbocycles. The molecule has 1 atom stereocenters. The van der Waals surface area contributed by atoms with E-state index in [-0.39, 0.29) is 18.0 Å². The van der Waals surface area contributed by atoms with Gasteiger partial charge in [-0.2, -0.15) is 5.10 Å². The van der Waals surface area contributed by atoms with Gasteiger partial charge >= 0.3 is 6.03 Å². The number of nitrogens with zero attached hydrogens (tertiary/aromatic N) is 4. The number of amides is 2. The second-order valence-corrected chi connectivity index (χ2v) is 6.91. The van der Waals surface area contributed by atoms with Crippen LogP contribution in [0.5, 0.6) is 0 Å². The third kappa shape index (κ3) is 4.36. The maximum atomic E-state index is 12.6. The summed E-state index contributed by atoms with van der Waals surface area (Å²) in [4.78, 5) is 14.2. The SMILES string of the molecule is CC(C)c1cc(CN(C)C(=O)N[C@@H](C)c2ccccc2-n2cccn2)no1. The molecular weight excluding hydrogens is 342 g/mol. The van der Waals surface area contributed by atoms with Crippen LogP contribution in [-0.2, 0) is 6.54 Å². The van der Waals surface area contributed by atoms with Gasteiger partial charge in [-0.05, 0) is 24.6 Å². The minimum atomic E-state index is -0.177. The van der Waals surface area contributed by atoms with Crippen molar-refractivity contribution < 1.29 is 9.32 Å². The molecule has 142 valence electrons. The van der Waals surface area contributed by atoms with E-state index >= 15 is 0 Å². The molecule has 7 heteroatoms. The summed E-state index contributed by atoms with van der Waals surface area (Å²) in [6.45, 7) is 6.43. The Kier molecular flexibility index (Phi) is 5.59. The van der Waals surface area contributed by atoms with Crippen LogP contribution in [0, 0.1) is 0 Å². The molecule has 0 aliphatic heterocycles. The highest BCUT2D eigenvalue weighted by molar-refractivity contribution is 5.74. The van der Waals surface area contributed by atoms with Crippen LogP contribution in [0.15, 0.2) is 53.3 Å². The van der Waals surface area contributed by atoms with Crippen LogP contribution < -0.4 is 5.32 Å². The van der Waals surface area contributed by atoms with Gasteiger partial charge in [0.05, 0.1) is 18.3 Å². The highest BCUT2D eigenvalue weighted by Gasteiger charge is 2.18. The van der Waals surface area contributed by atoms with E-state index in [0.29, 0.717) is 6.54 Å². The summed E-state index contributed by atoms with van der Waals surface area (Å²) in [6.07, 6.45) is 3.62. The lowest BCUT2D eigenvalue weighted by Crippen LogP contribution is -2.38. The number of urea groups is 1. The second kappa shape index (κ2) is 8.07. The van der Waals surface area contributed by atoms with Crippen molar-refractivity contribution in [3.05, 3.63) is 65.8 Å². The first kappa shape index (κ1) is 18.7. The molecule has 0 unspecified atom stereocenters. The van der Waals surface area contributed by atoms with Crippen LogP contribution in [0.2, 0.25) is 0 Å². The van der Waals surface area contributed by atoms with Crippen molar-refractivity contribution in [2.75, 3.05) is 7.05 Å². The number of carbonyl (C=O) groups excluding carboxylic acids is 1. The molecular formula is C20H25N5O2. The lowest BCUT2D eigenvalue weighted by molar-refractivity contribution is 0.202. The van der Waals surface area contributed by atoms with Gasteiger partial charge in [0.1, 0.15) is 11.5 Å². The standard InChI is InChI=1S/C20H25N5O2/c1-14(2)19-12-16(23-27-19)13-24(4)20(26)22-15(3)17-8-5-6-9-18(17)25-11-7-10-21-25/h5-12,14-15H,13H2,1-4H3,(H,22,26)/t15-/m0/s1. The van der Waals surface area contributed by atoms with Gasteiger partial charge in [-0.3, -0.25) is 0 Å². The molecule has 2 heterocycles. The summed E-state index contributed by atoms with van der Waals surface area (Å²) in [7, 11) is 1.74. The number of aromatic nitrogens is 3. The molecule has 1 N–H and O–H groups in total. The molecule has 3 aromatic rings. The van der Waals surface area contributed by atoms with E-state index in [1.54, 1.807) is 22.8 Å². The Morgan fingerprint density at radius 2 is 2.04 bits per heavy atom. The predicted octanol–water partition coefficient (Wildman–Crippen LogP) is 3.89. The molecule has 7 nitrogen and oxygen atoms in total. The summed E-state index contributed by atoms with van der Waals surface area (Å²) < 4.78 is 7.09. The van der Waals surface area contributed by atoms with Crippen molar-refractivity contribution in [2.45, 2.75) is 39.3 Å². The molecule has 0 spiro atoms. The highest BCUT2D eigenvalue weighted by Crippen LogP contribution is 2.21. The molecule has 1 aromatic carbocycles. The smallest absolute Gasteiger partial charge is 0.317 e. The van der Waals surface area contributed by atoms with Crippen LogP contribution in [0.4, 0.5) is 4.79 Å². The van der Waals surface area contributed by atoms with Crippen LogP contribution in [0.25, 0.3) is 5.69 Å². The normalized spacial score (nSPS) is 12.2. The zero-order valence-corrected chi connectivity index (χ0v) is 16.1. The Hall–Kier alpha value is -3.09. The van der Waals surface area contributed by atoms with E-state index in [4.69, 9.17) is 4.52 Å². The monoisotopic (exact) mass is 367 g/mol. The number of rotatable bonds is 6. The Labute approximate surface area is 159 Å². The predicted molar refractivity (Wildman–Crippen MR) is 103 cm³/mol. The van der Waals surface area contributed by atoms with Crippen molar-refractivity contribution in [2.24, 2.45) is 0 Å². The quantitative estimate of drug-likeness (QED) is 0.717. The van der Waals surface area contributed by atoms with Crippen LogP contribution in [-0.4, -0.2) is 32.9 Å². The van der Waals surface area contributed by atoms with Gasteiger partial charge in [-0.25, -0.2) is 9.48 Å². The zero-order valence-electron chi connectivity index (χ0n) is 16.1.